The van der Waals surface area contributed by atoms with Crippen LogP contribution in [0.1, 0.15) is 38.8 Å². The van der Waals surface area contributed by atoms with E-state index in [2.05, 4.69) is 46.4 Å². The molecule has 94 valence electrons. The molecule has 0 bridgehead atoms. The van der Waals surface area contributed by atoms with E-state index in [0.29, 0.717) is 6.04 Å². The maximum absolute atomic E-state index is 4.32. The summed E-state index contributed by atoms with van der Waals surface area (Å²) < 4.78 is 0. The zero-order valence-corrected chi connectivity index (χ0v) is 10.8. The van der Waals surface area contributed by atoms with Crippen molar-refractivity contribution in [3.8, 4) is 0 Å². The number of hydrogen-bond acceptors (Lipinski definition) is 4. The summed E-state index contributed by atoms with van der Waals surface area (Å²) in [6.45, 7) is 7.31. The van der Waals surface area contributed by atoms with Gasteiger partial charge in [-0.25, -0.2) is 0 Å². The maximum atomic E-state index is 4.32. The van der Waals surface area contributed by atoms with E-state index >= 15 is 0 Å². The zero-order valence-electron chi connectivity index (χ0n) is 10.8. The van der Waals surface area contributed by atoms with Crippen molar-refractivity contribution in [1.29, 1.82) is 0 Å². The molecule has 4 heteroatoms. The zero-order chi connectivity index (χ0) is 12.1. The average Bonchev–Trinajstić information content (AvgIpc) is 2.38. The first-order valence-electron chi connectivity index (χ1n) is 6.56. The summed E-state index contributed by atoms with van der Waals surface area (Å²) >= 11 is 0. The molecule has 1 aliphatic rings. The molecular formula is C13H22N4. The van der Waals surface area contributed by atoms with Gasteiger partial charge in [0.05, 0.1) is 5.69 Å². The van der Waals surface area contributed by atoms with Crippen LogP contribution in [0.5, 0.6) is 0 Å². The van der Waals surface area contributed by atoms with Crippen LogP contribution in [0.2, 0.25) is 0 Å². The van der Waals surface area contributed by atoms with Gasteiger partial charge in [0.15, 0.2) is 5.82 Å². The smallest absolute Gasteiger partial charge is 0.151 e. The molecule has 1 aromatic rings. The molecule has 1 aromatic heterocycles. The lowest BCUT2D eigenvalue weighted by atomic mass is 10.1. The fraction of sp³-hybridized carbons (Fsp3) is 0.692. The topological polar surface area (TPSA) is 41.0 Å². The minimum absolute atomic E-state index is 0.485. The lowest BCUT2D eigenvalue weighted by molar-refractivity contribution is 0.564. The summed E-state index contributed by atoms with van der Waals surface area (Å²) in [6, 6.07) is 4.65. The largest absolute Gasteiger partial charge is 0.355 e. The Morgan fingerprint density at radius 2 is 1.94 bits per heavy atom. The Morgan fingerprint density at radius 1 is 1.18 bits per heavy atom. The summed E-state index contributed by atoms with van der Waals surface area (Å²) in [7, 11) is 0. The van der Waals surface area contributed by atoms with Crippen LogP contribution in [-0.4, -0.2) is 29.3 Å². The van der Waals surface area contributed by atoms with Gasteiger partial charge in [-0.1, -0.05) is 13.8 Å². The van der Waals surface area contributed by atoms with E-state index in [9.17, 15) is 0 Å². The van der Waals surface area contributed by atoms with Gasteiger partial charge in [-0.05, 0) is 31.4 Å². The highest BCUT2D eigenvalue weighted by Gasteiger charge is 2.12. The van der Waals surface area contributed by atoms with Crippen LogP contribution < -0.4 is 10.2 Å². The van der Waals surface area contributed by atoms with Crippen LogP contribution in [-0.2, 0) is 6.54 Å². The Kier molecular flexibility index (Phi) is 4.31. The third-order valence-electron chi connectivity index (χ3n) is 3.08. The highest BCUT2D eigenvalue weighted by atomic mass is 15.3. The first-order chi connectivity index (χ1) is 8.25. The molecule has 0 atom stereocenters. The van der Waals surface area contributed by atoms with Crippen molar-refractivity contribution in [2.45, 2.75) is 45.7 Å². The Bertz CT molecular complexity index is 328. The number of nitrogens with one attached hydrogen (secondary N) is 1. The lowest BCUT2D eigenvalue weighted by Crippen LogP contribution is -2.30. The van der Waals surface area contributed by atoms with Crippen LogP contribution in [0.25, 0.3) is 0 Å². The number of rotatable bonds is 4. The Balaban J connectivity index is 1.92. The molecular weight excluding hydrogens is 212 g/mol. The maximum Gasteiger partial charge on any atom is 0.151 e. The summed E-state index contributed by atoms with van der Waals surface area (Å²) in [6.07, 6.45) is 3.90. The quantitative estimate of drug-likeness (QED) is 0.864. The third kappa shape index (κ3) is 3.66. The molecule has 0 radical (unpaired) electrons. The molecule has 1 fully saturated rings. The molecule has 0 spiro atoms. The fourth-order valence-electron chi connectivity index (χ4n) is 2.05. The van der Waals surface area contributed by atoms with Crippen LogP contribution in [0.4, 0.5) is 5.82 Å². The third-order valence-corrected chi connectivity index (χ3v) is 3.08. The van der Waals surface area contributed by atoms with Crippen molar-refractivity contribution in [1.82, 2.24) is 15.5 Å². The first-order valence-corrected chi connectivity index (χ1v) is 6.56. The monoisotopic (exact) mass is 234 g/mol. The van der Waals surface area contributed by atoms with Crippen molar-refractivity contribution < 1.29 is 0 Å². The standard InChI is InChI=1S/C13H22N4/c1-11(2)14-10-12-6-7-13(16-15-12)17-8-4-3-5-9-17/h6-7,11,14H,3-5,8-10H2,1-2H3. The minimum Gasteiger partial charge on any atom is -0.355 e. The van der Waals surface area contributed by atoms with Gasteiger partial charge < -0.3 is 10.2 Å². The van der Waals surface area contributed by atoms with E-state index in [1.54, 1.807) is 0 Å². The van der Waals surface area contributed by atoms with Crippen molar-refractivity contribution in [2.24, 2.45) is 0 Å². The van der Waals surface area contributed by atoms with Crippen molar-refractivity contribution >= 4 is 5.82 Å². The number of aromatic nitrogens is 2. The first kappa shape index (κ1) is 12.3. The van der Waals surface area contributed by atoms with Gasteiger partial charge in [-0.3, -0.25) is 0 Å². The molecule has 4 nitrogen and oxygen atoms in total. The second kappa shape index (κ2) is 5.96. The Morgan fingerprint density at radius 3 is 2.53 bits per heavy atom. The van der Waals surface area contributed by atoms with Crippen molar-refractivity contribution in [3.63, 3.8) is 0 Å². The van der Waals surface area contributed by atoms with Gasteiger partial charge >= 0.3 is 0 Å². The van der Waals surface area contributed by atoms with Crippen LogP contribution >= 0.6 is 0 Å². The molecule has 1 N–H and O–H groups in total. The molecule has 2 rings (SSSR count). The van der Waals surface area contributed by atoms with Gasteiger partial charge in [0.25, 0.3) is 0 Å². The van der Waals surface area contributed by atoms with Gasteiger partial charge in [0.2, 0.25) is 0 Å². The minimum atomic E-state index is 0.485. The number of anilines is 1. The molecule has 17 heavy (non-hydrogen) atoms. The molecule has 0 aliphatic carbocycles. The highest BCUT2D eigenvalue weighted by molar-refractivity contribution is 5.37. The number of piperidine rings is 1. The van der Waals surface area contributed by atoms with Crippen molar-refractivity contribution in [2.75, 3.05) is 18.0 Å². The van der Waals surface area contributed by atoms with Crippen molar-refractivity contribution in [3.05, 3.63) is 17.8 Å². The molecule has 0 saturated carbocycles. The van der Waals surface area contributed by atoms with Gasteiger partial charge in [0, 0.05) is 25.7 Å². The second-order valence-electron chi connectivity index (χ2n) is 4.97. The van der Waals surface area contributed by atoms with Gasteiger partial charge in [-0.15, -0.1) is 5.10 Å². The van der Waals surface area contributed by atoms with E-state index in [1.807, 2.05) is 0 Å². The van der Waals surface area contributed by atoms with Gasteiger partial charge in [0.1, 0.15) is 0 Å². The Hall–Kier alpha value is -1.16. The fourth-order valence-corrected chi connectivity index (χ4v) is 2.05. The molecule has 0 unspecified atom stereocenters. The summed E-state index contributed by atoms with van der Waals surface area (Å²) in [5.74, 6) is 1.03. The van der Waals surface area contributed by atoms with Crippen LogP contribution in [0, 0.1) is 0 Å². The van der Waals surface area contributed by atoms with E-state index in [-0.39, 0.29) is 0 Å². The number of nitrogens with zero attached hydrogens (tertiary/aromatic N) is 3. The normalized spacial score (nSPS) is 16.5. The number of hydrogen-bond donors (Lipinski definition) is 1. The molecule has 0 aromatic carbocycles. The van der Waals surface area contributed by atoms with E-state index < -0.39 is 0 Å². The highest BCUT2D eigenvalue weighted by Crippen LogP contribution is 2.16. The molecule has 1 saturated heterocycles. The average molecular weight is 234 g/mol. The predicted octanol–water partition coefficient (Wildman–Crippen LogP) is 1.96. The van der Waals surface area contributed by atoms with Gasteiger partial charge in [-0.2, -0.15) is 5.10 Å². The lowest BCUT2D eigenvalue weighted by Gasteiger charge is -2.27. The summed E-state index contributed by atoms with van der Waals surface area (Å²) in [4.78, 5) is 2.33. The second-order valence-corrected chi connectivity index (χ2v) is 4.97. The van der Waals surface area contributed by atoms with Crippen LogP contribution in [0.3, 0.4) is 0 Å². The van der Waals surface area contributed by atoms with E-state index in [1.165, 1.54) is 19.3 Å². The summed E-state index contributed by atoms with van der Waals surface area (Å²) in [5.41, 5.74) is 1.01. The Labute approximate surface area is 103 Å². The van der Waals surface area contributed by atoms with E-state index in [0.717, 1.165) is 31.1 Å². The summed E-state index contributed by atoms with van der Waals surface area (Å²) in [5, 5.41) is 11.9. The predicted molar refractivity (Wildman–Crippen MR) is 70.1 cm³/mol. The van der Waals surface area contributed by atoms with Crippen LogP contribution in [0.15, 0.2) is 12.1 Å². The van der Waals surface area contributed by atoms with E-state index in [4.69, 9.17) is 0 Å². The SMILES string of the molecule is CC(C)NCc1ccc(N2CCCCC2)nn1. The molecule has 0 amide bonds. The molecule has 1 aliphatic heterocycles. The molecule has 2 heterocycles.